The number of hydrogen-bond acceptors (Lipinski definition) is 4. The van der Waals surface area contributed by atoms with E-state index in [2.05, 4.69) is 6.08 Å². The minimum absolute atomic E-state index is 0.0908. The van der Waals surface area contributed by atoms with Gasteiger partial charge in [-0.05, 0) is 25.7 Å². The van der Waals surface area contributed by atoms with Gasteiger partial charge in [0.2, 0.25) is 0 Å². The van der Waals surface area contributed by atoms with Crippen LogP contribution in [0.5, 0.6) is 0 Å². The molecule has 0 aromatic carbocycles. The number of allylic oxidation sites excluding steroid dienone is 1. The van der Waals surface area contributed by atoms with E-state index in [1.165, 1.54) is 12.7 Å². The van der Waals surface area contributed by atoms with Crippen molar-refractivity contribution in [3.8, 4) is 0 Å². The predicted octanol–water partition coefficient (Wildman–Crippen LogP) is 1.41. The van der Waals surface area contributed by atoms with E-state index in [1.807, 2.05) is 6.92 Å². The Kier molecular flexibility index (Phi) is 2.54. The first kappa shape index (κ1) is 12.9. The highest BCUT2D eigenvalue weighted by Crippen LogP contribution is 2.66. The lowest BCUT2D eigenvalue weighted by Gasteiger charge is -2.65. The van der Waals surface area contributed by atoms with Gasteiger partial charge in [0, 0.05) is 24.4 Å². The first-order valence-electron chi connectivity index (χ1n) is 6.74. The van der Waals surface area contributed by atoms with Gasteiger partial charge >= 0.3 is 6.09 Å². The van der Waals surface area contributed by atoms with Crippen LogP contribution in [0, 0.1) is 23.2 Å². The molecule has 2 fully saturated rings. The number of methoxy groups -OCH3 is 1. The highest BCUT2D eigenvalue weighted by molar-refractivity contribution is 5.65. The average molecular weight is 267 g/mol. The maximum Gasteiger partial charge on any atom is 0.404 e. The summed E-state index contributed by atoms with van der Waals surface area (Å²) >= 11 is 0. The molecule has 5 heteroatoms. The molecule has 1 amide bonds. The van der Waals surface area contributed by atoms with E-state index in [4.69, 9.17) is 15.2 Å². The Morgan fingerprint density at radius 3 is 2.84 bits per heavy atom. The molecule has 2 saturated carbocycles. The van der Waals surface area contributed by atoms with Crippen molar-refractivity contribution >= 4 is 6.09 Å². The van der Waals surface area contributed by atoms with Crippen LogP contribution in [0.15, 0.2) is 11.6 Å². The second-order valence-corrected chi connectivity index (χ2v) is 6.49. The number of nitrogens with two attached hydrogens (primary N) is 1. The van der Waals surface area contributed by atoms with Gasteiger partial charge < -0.3 is 20.3 Å². The number of rotatable bonds is 3. The molecule has 0 aliphatic heterocycles. The third-order valence-corrected chi connectivity index (χ3v) is 5.54. The molecule has 0 aromatic heterocycles. The van der Waals surface area contributed by atoms with Crippen molar-refractivity contribution < 1.29 is 19.4 Å². The number of ether oxygens (including phenoxy) is 2. The molecule has 3 N–H and O–H groups in total. The van der Waals surface area contributed by atoms with Crippen molar-refractivity contribution in [2.24, 2.45) is 28.9 Å². The van der Waals surface area contributed by atoms with Crippen LogP contribution in [-0.2, 0) is 9.47 Å². The van der Waals surface area contributed by atoms with Crippen molar-refractivity contribution in [2.45, 2.75) is 38.6 Å². The normalized spacial score (nSPS) is 46.0. The smallest absolute Gasteiger partial charge is 0.404 e. The van der Waals surface area contributed by atoms with Gasteiger partial charge in [-0.2, -0.15) is 0 Å². The summed E-state index contributed by atoms with van der Waals surface area (Å²) in [7, 11) is 1.51. The first-order valence-corrected chi connectivity index (χ1v) is 6.74. The zero-order chi connectivity index (χ0) is 14.0. The second-order valence-electron chi connectivity index (χ2n) is 6.49. The average Bonchev–Trinajstić information content (AvgIpc) is 2.29. The summed E-state index contributed by atoms with van der Waals surface area (Å²) in [6, 6.07) is 0. The topological polar surface area (TPSA) is 81.8 Å². The molecule has 0 spiro atoms. The summed E-state index contributed by atoms with van der Waals surface area (Å²) in [4.78, 5) is 11.0. The zero-order valence-corrected chi connectivity index (χ0v) is 11.6. The Bertz CT molecular complexity index is 458. The number of aliphatic hydroxyl groups is 1. The van der Waals surface area contributed by atoms with Crippen LogP contribution >= 0.6 is 0 Å². The van der Waals surface area contributed by atoms with Crippen LogP contribution in [0.4, 0.5) is 4.79 Å². The van der Waals surface area contributed by atoms with Crippen LogP contribution in [0.25, 0.3) is 0 Å². The minimum Gasteiger partial charge on any atom is -0.446 e. The Balaban J connectivity index is 1.85. The summed E-state index contributed by atoms with van der Waals surface area (Å²) in [6.45, 7) is 3.68. The predicted molar refractivity (Wildman–Crippen MR) is 68.0 cm³/mol. The summed E-state index contributed by atoms with van der Waals surface area (Å²) < 4.78 is 10.5. The fourth-order valence-corrected chi connectivity index (χ4v) is 4.16. The molecule has 3 aliphatic carbocycles. The van der Waals surface area contributed by atoms with Gasteiger partial charge in [-0.25, -0.2) is 4.79 Å². The fraction of sp³-hybridized carbons (Fsp3) is 0.786. The maximum absolute atomic E-state index is 11.0. The van der Waals surface area contributed by atoms with Gasteiger partial charge in [-0.15, -0.1) is 0 Å². The molecule has 0 aromatic rings. The molecular formula is C14H21NO4. The minimum atomic E-state index is -1.22. The van der Waals surface area contributed by atoms with Crippen molar-refractivity contribution in [3.05, 3.63) is 11.6 Å². The van der Waals surface area contributed by atoms with Crippen LogP contribution < -0.4 is 5.73 Å². The lowest BCUT2D eigenvalue weighted by Crippen LogP contribution is -2.65. The molecule has 0 bridgehead atoms. The molecule has 3 aliphatic rings. The number of carbonyl (C=O) groups excluding carboxylic acids is 1. The lowest BCUT2D eigenvalue weighted by atomic mass is 9.42. The summed E-state index contributed by atoms with van der Waals surface area (Å²) in [5.74, 6) is -0.00752. The molecule has 0 heterocycles. The van der Waals surface area contributed by atoms with Crippen molar-refractivity contribution in [2.75, 3.05) is 7.11 Å². The highest BCUT2D eigenvalue weighted by Gasteiger charge is 2.65. The van der Waals surface area contributed by atoms with E-state index < -0.39 is 17.3 Å². The van der Waals surface area contributed by atoms with E-state index in [0.29, 0.717) is 11.8 Å². The van der Waals surface area contributed by atoms with Gasteiger partial charge in [0.1, 0.15) is 6.10 Å². The molecular weight excluding hydrogens is 246 g/mol. The Labute approximate surface area is 112 Å². The molecule has 3 rings (SSSR count). The van der Waals surface area contributed by atoms with Crippen molar-refractivity contribution in [1.82, 2.24) is 0 Å². The molecule has 0 saturated heterocycles. The van der Waals surface area contributed by atoms with E-state index in [9.17, 15) is 9.90 Å². The van der Waals surface area contributed by atoms with Crippen LogP contribution in [0.3, 0.4) is 0 Å². The summed E-state index contributed by atoms with van der Waals surface area (Å²) in [5.41, 5.74) is 6.04. The monoisotopic (exact) mass is 267 g/mol. The van der Waals surface area contributed by atoms with Crippen LogP contribution in [0.2, 0.25) is 0 Å². The van der Waals surface area contributed by atoms with Gasteiger partial charge in [-0.3, -0.25) is 0 Å². The molecule has 106 valence electrons. The Morgan fingerprint density at radius 1 is 1.58 bits per heavy atom. The van der Waals surface area contributed by atoms with Gasteiger partial charge in [0.15, 0.2) is 5.79 Å². The fourth-order valence-electron chi connectivity index (χ4n) is 4.16. The zero-order valence-electron chi connectivity index (χ0n) is 11.6. The van der Waals surface area contributed by atoms with E-state index in [0.717, 1.165) is 12.8 Å². The van der Waals surface area contributed by atoms with E-state index in [-0.39, 0.29) is 12.0 Å². The summed E-state index contributed by atoms with van der Waals surface area (Å²) in [6.07, 6.45) is 3.05. The van der Waals surface area contributed by atoms with Crippen molar-refractivity contribution in [1.29, 1.82) is 0 Å². The number of primary amides is 1. The van der Waals surface area contributed by atoms with E-state index in [1.54, 1.807) is 6.92 Å². The quantitative estimate of drug-likeness (QED) is 0.598. The third kappa shape index (κ3) is 1.58. The lowest BCUT2D eigenvalue weighted by molar-refractivity contribution is -0.252. The van der Waals surface area contributed by atoms with Crippen molar-refractivity contribution in [3.63, 3.8) is 0 Å². The largest absolute Gasteiger partial charge is 0.446 e. The molecule has 5 nitrogen and oxygen atoms in total. The van der Waals surface area contributed by atoms with Gasteiger partial charge in [-0.1, -0.05) is 18.6 Å². The van der Waals surface area contributed by atoms with Gasteiger partial charge in [0.05, 0.1) is 0 Å². The molecule has 5 unspecified atom stereocenters. The van der Waals surface area contributed by atoms with Crippen LogP contribution in [0.1, 0.15) is 26.7 Å². The highest BCUT2D eigenvalue weighted by atomic mass is 16.6. The number of hydrogen-bond donors (Lipinski definition) is 2. The second kappa shape index (κ2) is 3.73. The first-order chi connectivity index (χ1) is 8.79. The Hall–Kier alpha value is -1.07. The molecule has 0 radical (unpaired) electrons. The SMILES string of the molecule is COC(C)(O)[C@]1(C)C=C2CC3C(OC(N)=O)C(C1)C23. The number of amides is 1. The van der Waals surface area contributed by atoms with Crippen LogP contribution in [-0.4, -0.2) is 30.2 Å². The molecule has 19 heavy (non-hydrogen) atoms. The van der Waals surface area contributed by atoms with E-state index >= 15 is 0 Å². The standard InChI is InChI=1S/C14H21NO4/c1-13(14(2,17)18-3)5-7-4-8-10(7)9(6-13)11(8)19-12(15)16/h5,8-11,17H,4,6H2,1-3H3,(H2,15,16)/t8?,9?,10?,11?,13-,14?/m1/s1. The summed E-state index contributed by atoms with van der Waals surface area (Å²) in [5, 5.41) is 10.4. The van der Waals surface area contributed by atoms with Gasteiger partial charge in [0.25, 0.3) is 0 Å². The number of carbonyl (C=O) groups is 1. The Morgan fingerprint density at radius 2 is 2.26 bits per heavy atom. The maximum atomic E-state index is 11.0. The third-order valence-electron chi connectivity index (χ3n) is 5.54. The molecule has 6 atom stereocenters.